The molecule has 0 aliphatic carbocycles. The minimum absolute atomic E-state index is 0.0873. The number of nitrogens with zero attached hydrogens (tertiary/aromatic N) is 1. The van der Waals surface area contributed by atoms with Crippen molar-refractivity contribution in [2.45, 2.75) is 58.6 Å². The number of hydrogen-bond donors (Lipinski definition) is 0. The molecule has 1 aromatic rings. The fourth-order valence-corrected chi connectivity index (χ4v) is 3.41. The molecule has 122 valence electrons. The molecule has 22 heavy (non-hydrogen) atoms. The first kappa shape index (κ1) is 17.0. The summed E-state index contributed by atoms with van der Waals surface area (Å²) < 4.78 is 6.03. The van der Waals surface area contributed by atoms with E-state index in [0.29, 0.717) is 18.4 Å². The van der Waals surface area contributed by atoms with Gasteiger partial charge in [0.15, 0.2) is 0 Å². The molecule has 3 unspecified atom stereocenters. The molecule has 0 spiro atoms. The van der Waals surface area contributed by atoms with Gasteiger partial charge in [0.1, 0.15) is 5.60 Å². The van der Waals surface area contributed by atoms with Crippen molar-refractivity contribution in [2.24, 2.45) is 5.92 Å². The first-order chi connectivity index (χ1) is 10.4. The number of carbonyl (C=O) groups excluding carboxylic acids is 1. The molecule has 1 fully saturated rings. The van der Waals surface area contributed by atoms with Gasteiger partial charge in [-0.2, -0.15) is 0 Å². The fraction of sp³-hybridized carbons (Fsp3) is 0.632. The zero-order valence-corrected chi connectivity index (χ0v) is 14.6. The van der Waals surface area contributed by atoms with E-state index < -0.39 is 0 Å². The van der Waals surface area contributed by atoms with E-state index >= 15 is 0 Å². The molecule has 3 nitrogen and oxygen atoms in total. The van der Waals surface area contributed by atoms with Gasteiger partial charge in [0.2, 0.25) is 0 Å². The third-order valence-corrected chi connectivity index (χ3v) is 5.08. The SMILES string of the molecule is CCC(=O)OC1(Cc2ccc(C)cc2)CC(C)N(C)CC1C. The molecular weight excluding hydrogens is 274 g/mol. The highest BCUT2D eigenvalue weighted by Crippen LogP contribution is 2.37. The summed E-state index contributed by atoms with van der Waals surface area (Å²) in [7, 11) is 2.15. The van der Waals surface area contributed by atoms with Crippen LogP contribution in [0.1, 0.15) is 44.7 Å². The topological polar surface area (TPSA) is 29.5 Å². The lowest BCUT2D eigenvalue weighted by atomic mass is 9.75. The van der Waals surface area contributed by atoms with Crippen molar-refractivity contribution in [3.63, 3.8) is 0 Å². The fourth-order valence-electron chi connectivity index (χ4n) is 3.41. The molecule has 0 saturated carbocycles. The van der Waals surface area contributed by atoms with E-state index in [1.54, 1.807) is 0 Å². The number of carbonyl (C=O) groups is 1. The Bertz CT molecular complexity index is 511. The zero-order valence-electron chi connectivity index (χ0n) is 14.6. The molecule has 1 aromatic carbocycles. The van der Waals surface area contributed by atoms with Crippen LogP contribution in [-0.2, 0) is 16.0 Å². The van der Waals surface area contributed by atoms with Crippen molar-refractivity contribution < 1.29 is 9.53 Å². The first-order valence-electron chi connectivity index (χ1n) is 8.34. The lowest BCUT2D eigenvalue weighted by molar-refractivity contribution is -0.174. The van der Waals surface area contributed by atoms with Gasteiger partial charge in [-0.25, -0.2) is 0 Å². The summed E-state index contributed by atoms with van der Waals surface area (Å²) in [5.41, 5.74) is 2.13. The smallest absolute Gasteiger partial charge is 0.306 e. The molecule has 0 radical (unpaired) electrons. The number of piperidine rings is 1. The third-order valence-electron chi connectivity index (χ3n) is 5.08. The van der Waals surface area contributed by atoms with Crippen molar-refractivity contribution in [2.75, 3.05) is 13.6 Å². The molecule has 0 N–H and O–H groups in total. The Labute approximate surface area is 134 Å². The minimum atomic E-state index is -0.381. The van der Waals surface area contributed by atoms with Gasteiger partial charge >= 0.3 is 5.97 Å². The van der Waals surface area contributed by atoms with E-state index in [1.807, 2.05) is 6.92 Å². The van der Waals surface area contributed by atoms with Crippen LogP contribution in [0, 0.1) is 12.8 Å². The lowest BCUT2D eigenvalue weighted by Crippen LogP contribution is -2.56. The molecule has 1 saturated heterocycles. The summed E-state index contributed by atoms with van der Waals surface area (Å²) in [4.78, 5) is 14.4. The number of aryl methyl sites for hydroxylation is 1. The maximum Gasteiger partial charge on any atom is 0.306 e. The number of ether oxygens (including phenoxy) is 1. The summed E-state index contributed by atoms with van der Waals surface area (Å²) >= 11 is 0. The standard InChI is InChI=1S/C19H29NO2/c1-6-18(21)22-19(11-16(4)20(5)13-15(19)3)12-17-9-7-14(2)8-10-17/h7-10,15-16H,6,11-13H2,1-5H3. The largest absolute Gasteiger partial charge is 0.458 e. The molecule has 0 aromatic heterocycles. The van der Waals surface area contributed by atoms with Crippen molar-refractivity contribution in [1.29, 1.82) is 0 Å². The van der Waals surface area contributed by atoms with E-state index in [-0.39, 0.29) is 11.6 Å². The number of rotatable bonds is 4. The van der Waals surface area contributed by atoms with E-state index in [9.17, 15) is 4.79 Å². The van der Waals surface area contributed by atoms with Gasteiger partial charge in [-0.3, -0.25) is 4.79 Å². The van der Waals surface area contributed by atoms with Crippen molar-refractivity contribution >= 4 is 5.97 Å². The van der Waals surface area contributed by atoms with E-state index in [1.165, 1.54) is 11.1 Å². The normalized spacial score (nSPS) is 29.3. The highest BCUT2D eigenvalue weighted by atomic mass is 16.6. The highest BCUT2D eigenvalue weighted by molar-refractivity contribution is 5.69. The summed E-state index contributed by atoms with van der Waals surface area (Å²) in [6.45, 7) is 9.35. The molecule has 3 heteroatoms. The second-order valence-electron chi connectivity index (χ2n) is 6.95. The van der Waals surface area contributed by atoms with Crippen molar-refractivity contribution in [1.82, 2.24) is 4.90 Å². The Kier molecular flexibility index (Phi) is 5.28. The second kappa shape index (κ2) is 6.82. The first-order valence-corrected chi connectivity index (χ1v) is 8.34. The molecule has 1 aliphatic rings. The van der Waals surface area contributed by atoms with Gasteiger partial charge in [0.05, 0.1) is 0 Å². The quantitative estimate of drug-likeness (QED) is 0.796. The Hall–Kier alpha value is -1.35. The Balaban J connectivity index is 2.28. The molecule has 0 amide bonds. The lowest BCUT2D eigenvalue weighted by Gasteiger charge is -2.48. The zero-order chi connectivity index (χ0) is 16.3. The second-order valence-corrected chi connectivity index (χ2v) is 6.95. The number of hydrogen-bond acceptors (Lipinski definition) is 3. The monoisotopic (exact) mass is 303 g/mol. The van der Waals surface area contributed by atoms with Crippen LogP contribution in [0.4, 0.5) is 0 Å². The average molecular weight is 303 g/mol. The maximum absolute atomic E-state index is 12.0. The van der Waals surface area contributed by atoms with Gasteiger partial charge in [0, 0.05) is 37.8 Å². The third kappa shape index (κ3) is 3.70. The molecule has 0 bridgehead atoms. The predicted molar refractivity (Wildman–Crippen MR) is 89.9 cm³/mol. The summed E-state index contributed by atoms with van der Waals surface area (Å²) in [5, 5.41) is 0. The summed E-state index contributed by atoms with van der Waals surface area (Å²) in [6, 6.07) is 9.01. The molecule has 2 rings (SSSR count). The van der Waals surface area contributed by atoms with Crippen LogP contribution < -0.4 is 0 Å². The molecular formula is C19H29NO2. The molecule has 3 atom stereocenters. The van der Waals surface area contributed by atoms with E-state index in [4.69, 9.17) is 4.74 Å². The predicted octanol–water partition coefficient (Wildman–Crippen LogP) is 3.59. The minimum Gasteiger partial charge on any atom is -0.458 e. The van der Waals surface area contributed by atoms with Crippen molar-refractivity contribution in [3.05, 3.63) is 35.4 Å². The van der Waals surface area contributed by atoms with E-state index in [2.05, 4.69) is 57.0 Å². The van der Waals surface area contributed by atoms with Gasteiger partial charge in [-0.05, 0) is 26.5 Å². The van der Waals surface area contributed by atoms with Crippen molar-refractivity contribution in [3.8, 4) is 0 Å². The van der Waals surface area contributed by atoms with Crippen LogP contribution in [0.2, 0.25) is 0 Å². The van der Waals surface area contributed by atoms with Gasteiger partial charge in [-0.15, -0.1) is 0 Å². The molecule has 1 aliphatic heterocycles. The number of benzene rings is 1. The Morgan fingerprint density at radius 1 is 1.32 bits per heavy atom. The van der Waals surface area contributed by atoms with Crippen LogP contribution in [-0.4, -0.2) is 36.1 Å². The van der Waals surface area contributed by atoms with Gasteiger partial charge in [0.25, 0.3) is 0 Å². The van der Waals surface area contributed by atoms with E-state index in [0.717, 1.165) is 19.4 Å². The molecule has 1 heterocycles. The van der Waals surface area contributed by atoms with Crippen LogP contribution in [0.5, 0.6) is 0 Å². The van der Waals surface area contributed by atoms with Gasteiger partial charge < -0.3 is 9.64 Å². The number of esters is 1. The Morgan fingerprint density at radius 2 is 1.95 bits per heavy atom. The van der Waals surface area contributed by atoms with Crippen LogP contribution in [0.25, 0.3) is 0 Å². The number of likely N-dealkylation sites (tertiary alicyclic amines) is 1. The summed E-state index contributed by atoms with van der Waals surface area (Å²) in [6.07, 6.45) is 2.13. The summed E-state index contributed by atoms with van der Waals surface area (Å²) in [5.74, 6) is 0.237. The average Bonchev–Trinajstić information content (AvgIpc) is 2.47. The Morgan fingerprint density at radius 3 is 2.55 bits per heavy atom. The van der Waals surface area contributed by atoms with Crippen LogP contribution in [0.15, 0.2) is 24.3 Å². The van der Waals surface area contributed by atoms with Crippen LogP contribution >= 0.6 is 0 Å². The maximum atomic E-state index is 12.0. The van der Waals surface area contributed by atoms with Crippen LogP contribution in [0.3, 0.4) is 0 Å². The highest BCUT2D eigenvalue weighted by Gasteiger charge is 2.45. The van der Waals surface area contributed by atoms with Gasteiger partial charge in [-0.1, -0.05) is 43.7 Å².